The van der Waals surface area contributed by atoms with E-state index in [1.165, 1.54) is 17.7 Å². The maximum absolute atomic E-state index is 12.0. The molecule has 1 aliphatic rings. The number of ether oxygens (including phenoxy) is 2. The van der Waals surface area contributed by atoms with Crippen molar-refractivity contribution >= 4 is 15.9 Å². The molecule has 1 saturated carbocycles. The third-order valence-corrected chi connectivity index (χ3v) is 5.57. The normalized spacial score (nSPS) is 15.3. The number of amides is 1. The molecule has 1 amide bonds. The Hall–Kier alpha value is -1.80. The second-order valence-electron chi connectivity index (χ2n) is 6.10. The minimum Gasteiger partial charge on any atom is -0.493 e. The Labute approximate surface area is 149 Å². The van der Waals surface area contributed by atoms with Crippen molar-refractivity contribution < 1.29 is 22.7 Å². The number of methoxy groups -OCH3 is 1. The van der Waals surface area contributed by atoms with Gasteiger partial charge in [-0.05, 0) is 25.0 Å². The summed E-state index contributed by atoms with van der Waals surface area (Å²) >= 11 is 0. The first-order valence-electron chi connectivity index (χ1n) is 8.41. The molecular formula is C17H26N2O5S. The van der Waals surface area contributed by atoms with Gasteiger partial charge in [0, 0.05) is 19.1 Å². The van der Waals surface area contributed by atoms with E-state index in [1.54, 1.807) is 18.2 Å². The van der Waals surface area contributed by atoms with Crippen LogP contribution in [0.3, 0.4) is 0 Å². The number of nitrogens with one attached hydrogen (secondary N) is 1. The van der Waals surface area contributed by atoms with Gasteiger partial charge in [-0.1, -0.05) is 25.0 Å². The van der Waals surface area contributed by atoms with Crippen molar-refractivity contribution in [2.45, 2.75) is 31.7 Å². The van der Waals surface area contributed by atoms with Gasteiger partial charge in [0.2, 0.25) is 10.0 Å². The van der Waals surface area contributed by atoms with Crippen LogP contribution in [0.1, 0.15) is 25.7 Å². The van der Waals surface area contributed by atoms with Crippen molar-refractivity contribution in [3.63, 3.8) is 0 Å². The molecule has 1 aromatic rings. The quantitative estimate of drug-likeness (QED) is 0.710. The van der Waals surface area contributed by atoms with Crippen molar-refractivity contribution in [1.82, 2.24) is 9.62 Å². The van der Waals surface area contributed by atoms with Crippen LogP contribution < -0.4 is 14.8 Å². The lowest BCUT2D eigenvalue weighted by Gasteiger charge is -2.26. The average Bonchev–Trinajstić information content (AvgIpc) is 3.09. The van der Waals surface area contributed by atoms with E-state index >= 15 is 0 Å². The van der Waals surface area contributed by atoms with E-state index in [-0.39, 0.29) is 31.6 Å². The minimum atomic E-state index is -3.28. The SMILES string of the molecule is COc1ccccc1OCC(=O)NCCN(C1CCCC1)S(C)(=O)=O. The van der Waals surface area contributed by atoms with Gasteiger partial charge in [-0.25, -0.2) is 8.42 Å². The third-order valence-electron chi connectivity index (χ3n) is 4.24. The molecular weight excluding hydrogens is 344 g/mol. The summed E-state index contributed by atoms with van der Waals surface area (Å²) in [5.74, 6) is 0.745. The molecule has 1 aromatic carbocycles. The number of rotatable bonds is 9. The highest BCUT2D eigenvalue weighted by atomic mass is 32.2. The first-order chi connectivity index (χ1) is 11.9. The lowest BCUT2D eigenvalue weighted by atomic mass is 10.2. The summed E-state index contributed by atoms with van der Waals surface area (Å²) in [5.41, 5.74) is 0. The molecule has 25 heavy (non-hydrogen) atoms. The van der Waals surface area contributed by atoms with Crippen LogP contribution in [0.4, 0.5) is 0 Å². The van der Waals surface area contributed by atoms with Crippen LogP contribution in [0, 0.1) is 0 Å². The van der Waals surface area contributed by atoms with Gasteiger partial charge in [-0.3, -0.25) is 4.79 Å². The molecule has 1 N–H and O–H groups in total. The van der Waals surface area contributed by atoms with Gasteiger partial charge >= 0.3 is 0 Å². The lowest BCUT2D eigenvalue weighted by molar-refractivity contribution is -0.123. The molecule has 1 fully saturated rings. The largest absolute Gasteiger partial charge is 0.493 e. The predicted octanol–water partition coefficient (Wildman–Crippen LogP) is 1.39. The number of sulfonamides is 1. The Morgan fingerprint density at radius 1 is 1.24 bits per heavy atom. The van der Waals surface area contributed by atoms with Crippen LogP contribution in [0.5, 0.6) is 11.5 Å². The van der Waals surface area contributed by atoms with Gasteiger partial charge < -0.3 is 14.8 Å². The maximum atomic E-state index is 12.0. The highest BCUT2D eigenvalue weighted by Crippen LogP contribution is 2.26. The first-order valence-corrected chi connectivity index (χ1v) is 10.3. The van der Waals surface area contributed by atoms with E-state index in [4.69, 9.17) is 9.47 Å². The molecule has 0 bridgehead atoms. The molecule has 140 valence electrons. The summed E-state index contributed by atoms with van der Waals surface area (Å²) in [7, 11) is -1.74. The molecule has 8 heteroatoms. The fourth-order valence-corrected chi connectivity index (χ4v) is 4.22. The summed E-state index contributed by atoms with van der Waals surface area (Å²) in [6, 6.07) is 7.13. The summed E-state index contributed by atoms with van der Waals surface area (Å²) in [6.45, 7) is 0.393. The third kappa shape index (κ3) is 5.89. The van der Waals surface area contributed by atoms with Crippen LogP contribution in [0.25, 0.3) is 0 Å². The zero-order chi connectivity index (χ0) is 18.3. The van der Waals surface area contributed by atoms with Gasteiger partial charge in [0.1, 0.15) is 0 Å². The number of carbonyl (C=O) groups excluding carboxylic acids is 1. The second-order valence-corrected chi connectivity index (χ2v) is 8.04. The fraction of sp³-hybridized carbons (Fsp3) is 0.588. The van der Waals surface area contributed by atoms with E-state index in [2.05, 4.69) is 5.32 Å². The van der Waals surface area contributed by atoms with E-state index in [9.17, 15) is 13.2 Å². The van der Waals surface area contributed by atoms with Gasteiger partial charge in [0.25, 0.3) is 5.91 Å². The second kappa shape index (κ2) is 9.05. The Balaban J connectivity index is 1.79. The number of para-hydroxylation sites is 2. The molecule has 0 spiro atoms. The smallest absolute Gasteiger partial charge is 0.257 e. The van der Waals surface area contributed by atoms with Crippen molar-refractivity contribution in [3.05, 3.63) is 24.3 Å². The van der Waals surface area contributed by atoms with Crippen molar-refractivity contribution in [2.75, 3.05) is 33.1 Å². The zero-order valence-corrected chi connectivity index (χ0v) is 15.5. The molecule has 2 rings (SSSR count). The maximum Gasteiger partial charge on any atom is 0.257 e. The molecule has 0 radical (unpaired) electrons. The molecule has 0 heterocycles. The summed E-state index contributed by atoms with van der Waals surface area (Å²) in [6.07, 6.45) is 5.10. The van der Waals surface area contributed by atoms with Crippen LogP contribution >= 0.6 is 0 Å². The Kier molecular flexibility index (Phi) is 7.07. The van der Waals surface area contributed by atoms with Crippen molar-refractivity contribution in [1.29, 1.82) is 0 Å². The molecule has 0 saturated heterocycles. The Morgan fingerprint density at radius 3 is 2.48 bits per heavy atom. The molecule has 0 aliphatic heterocycles. The van der Waals surface area contributed by atoms with Crippen molar-refractivity contribution in [2.24, 2.45) is 0 Å². The molecule has 7 nitrogen and oxygen atoms in total. The number of hydrogen-bond acceptors (Lipinski definition) is 5. The van der Waals surface area contributed by atoms with Gasteiger partial charge in [0.05, 0.1) is 13.4 Å². The first kappa shape index (κ1) is 19.5. The monoisotopic (exact) mass is 370 g/mol. The van der Waals surface area contributed by atoms with Gasteiger partial charge in [-0.15, -0.1) is 0 Å². The summed E-state index contributed by atoms with van der Waals surface area (Å²) < 4.78 is 36.0. The van der Waals surface area contributed by atoms with Crippen LogP contribution in [0.15, 0.2) is 24.3 Å². The highest BCUT2D eigenvalue weighted by molar-refractivity contribution is 7.88. The van der Waals surface area contributed by atoms with Gasteiger partial charge in [-0.2, -0.15) is 4.31 Å². The molecule has 0 atom stereocenters. The predicted molar refractivity (Wildman–Crippen MR) is 95.3 cm³/mol. The molecule has 1 aliphatic carbocycles. The van der Waals surface area contributed by atoms with Crippen LogP contribution in [-0.4, -0.2) is 57.7 Å². The van der Waals surface area contributed by atoms with E-state index in [1.807, 2.05) is 6.07 Å². The standard InChI is InChI=1S/C17H26N2O5S/c1-23-15-9-5-6-10-16(15)24-13-17(20)18-11-12-19(25(2,21)22)14-7-3-4-8-14/h5-6,9-10,14H,3-4,7-8,11-13H2,1-2H3,(H,18,20). The lowest BCUT2D eigenvalue weighted by Crippen LogP contribution is -2.43. The number of nitrogens with zero attached hydrogens (tertiary/aromatic N) is 1. The molecule has 0 aromatic heterocycles. The molecule has 0 unspecified atom stereocenters. The van der Waals surface area contributed by atoms with E-state index in [0.717, 1.165) is 25.7 Å². The minimum absolute atomic E-state index is 0.0525. The van der Waals surface area contributed by atoms with Crippen LogP contribution in [-0.2, 0) is 14.8 Å². The van der Waals surface area contributed by atoms with E-state index in [0.29, 0.717) is 11.5 Å². The topological polar surface area (TPSA) is 84.9 Å². The fourth-order valence-electron chi connectivity index (χ4n) is 3.05. The van der Waals surface area contributed by atoms with Gasteiger partial charge in [0.15, 0.2) is 18.1 Å². The zero-order valence-electron chi connectivity index (χ0n) is 14.7. The Morgan fingerprint density at radius 2 is 1.88 bits per heavy atom. The van der Waals surface area contributed by atoms with Crippen molar-refractivity contribution in [3.8, 4) is 11.5 Å². The van der Waals surface area contributed by atoms with Crippen LogP contribution in [0.2, 0.25) is 0 Å². The Bertz CT molecular complexity index is 671. The number of carbonyl (C=O) groups is 1. The average molecular weight is 370 g/mol. The number of hydrogen-bond donors (Lipinski definition) is 1. The summed E-state index contributed by atoms with van der Waals surface area (Å²) in [5, 5.41) is 2.71. The number of benzene rings is 1. The van der Waals surface area contributed by atoms with E-state index < -0.39 is 10.0 Å². The highest BCUT2D eigenvalue weighted by Gasteiger charge is 2.28. The summed E-state index contributed by atoms with van der Waals surface area (Å²) in [4.78, 5) is 11.9.